The van der Waals surface area contributed by atoms with E-state index in [0.29, 0.717) is 0 Å². The molecule has 0 aliphatic rings. The summed E-state index contributed by atoms with van der Waals surface area (Å²) < 4.78 is 34.1. The maximum atomic E-state index is 8.52. The van der Waals surface area contributed by atoms with E-state index in [9.17, 15) is 0 Å². The number of rotatable bonds is 0. The first-order chi connectivity index (χ1) is 3.73. The molecule has 11 heteroatoms. The minimum absolute atomic E-state index is 0. The molecular formula is Mn2NO7S+. The average Bonchev–Trinajstić information content (AvgIpc) is 1.19. The van der Waals surface area contributed by atoms with Crippen LogP contribution < -0.4 is 0 Å². The van der Waals surface area contributed by atoms with E-state index >= 15 is 0 Å². The van der Waals surface area contributed by atoms with Gasteiger partial charge in [-0.2, -0.15) is 0 Å². The zero-order chi connectivity index (χ0) is 8.08. The van der Waals surface area contributed by atoms with Gasteiger partial charge in [-0.25, -0.2) is 0 Å². The molecule has 11 heavy (non-hydrogen) atoms. The molecular weight excluding hydrogens is 268 g/mol. The Balaban J connectivity index is -0.0000000383. The maximum absolute atomic E-state index is 8.52. The molecule has 66 valence electrons. The Bertz CT molecular complexity index is 159. The number of hydrogen-bond donors (Lipinski definition) is 0. The Labute approximate surface area is 82.6 Å². The zero-order valence-electron chi connectivity index (χ0n) is 4.47. The smallest absolute Gasteiger partial charge is 0.759 e. The third kappa shape index (κ3) is 56000. The van der Waals surface area contributed by atoms with Gasteiger partial charge in [0.25, 0.3) is 0 Å². The van der Waals surface area contributed by atoms with E-state index in [4.69, 9.17) is 32.8 Å². The van der Waals surface area contributed by atoms with E-state index in [1.165, 1.54) is 0 Å². The fourth-order valence-corrected chi connectivity index (χ4v) is 0. The Morgan fingerprint density at radius 2 is 1.00 bits per heavy atom. The van der Waals surface area contributed by atoms with E-state index < -0.39 is 15.5 Å². The molecule has 0 rings (SSSR count). The molecule has 0 aliphatic carbocycles. The van der Waals surface area contributed by atoms with Crippen molar-refractivity contribution in [1.29, 1.82) is 0 Å². The summed E-state index contributed by atoms with van der Waals surface area (Å²) in [6, 6.07) is 0. The fourth-order valence-electron chi connectivity index (χ4n) is 0. The molecule has 0 atom stereocenters. The van der Waals surface area contributed by atoms with Crippen molar-refractivity contribution >= 4 is 10.4 Å². The van der Waals surface area contributed by atoms with Gasteiger partial charge in [-0.15, -0.1) is 0 Å². The van der Waals surface area contributed by atoms with Crippen molar-refractivity contribution in [2.24, 2.45) is 0 Å². The second-order valence-electron chi connectivity index (χ2n) is 0.632. The van der Waals surface area contributed by atoms with Crippen LogP contribution in [0.5, 0.6) is 0 Å². The van der Waals surface area contributed by atoms with Gasteiger partial charge in [-0.05, 0) is 0 Å². The van der Waals surface area contributed by atoms with Gasteiger partial charge >= 0.3 is 34.1 Å². The monoisotopic (exact) mass is 268 g/mol. The van der Waals surface area contributed by atoms with Crippen LogP contribution in [0.25, 0.3) is 0 Å². The zero-order valence-corrected chi connectivity index (χ0v) is 7.65. The molecule has 0 aromatic carbocycles. The molecule has 0 heterocycles. The Morgan fingerprint density at radius 3 is 1.00 bits per heavy atom. The van der Waals surface area contributed by atoms with E-state index in [1.807, 2.05) is 0 Å². The molecule has 0 unspecified atom stereocenters. The molecule has 0 N–H and O–H groups in total. The van der Waals surface area contributed by atoms with Crippen molar-refractivity contribution in [1.82, 2.24) is 0 Å². The molecule has 0 bridgehead atoms. The first kappa shape index (κ1) is 22.5. The third-order valence-corrected chi connectivity index (χ3v) is 0. The van der Waals surface area contributed by atoms with Gasteiger partial charge in [0, 0.05) is 10.4 Å². The average molecular weight is 268 g/mol. The van der Waals surface area contributed by atoms with Crippen molar-refractivity contribution in [3.05, 3.63) is 15.3 Å². The van der Waals surface area contributed by atoms with Crippen molar-refractivity contribution in [3.8, 4) is 0 Å². The van der Waals surface area contributed by atoms with Gasteiger partial charge in [0.2, 0.25) is 0 Å². The first-order valence-electron chi connectivity index (χ1n) is 1.21. The molecule has 0 amide bonds. The van der Waals surface area contributed by atoms with Crippen LogP contribution in [0, 0.1) is 15.3 Å². The van der Waals surface area contributed by atoms with Crippen molar-refractivity contribution in [2.45, 2.75) is 0 Å². The number of nitrogens with zero attached hydrogens (tertiary/aromatic N) is 1. The maximum Gasteiger partial charge on any atom is 2.00 e. The predicted molar refractivity (Wildman–Crippen MR) is 20.8 cm³/mol. The minimum atomic E-state index is -5.17. The Hall–Kier alpha value is 0.109. The van der Waals surface area contributed by atoms with Gasteiger partial charge in [0.05, 0.1) is 5.09 Å². The summed E-state index contributed by atoms with van der Waals surface area (Å²) in [5.74, 6) is 0. The molecule has 0 spiro atoms. The Kier molecular flexibility index (Phi) is 20.6. The quantitative estimate of drug-likeness (QED) is 0.169. The molecule has 0 fully saturated rings. The van der Waals surface area contributed by atoms with Gasteiger partial charge in [-0.3, -0.25) is 8.42 Å². The van der Waals surface area contributed by atoms with E-state index in [2.05, 4.69) is 0 Å². The van der Waals surface area contributed by atoms with Crippen LogP contribution in [0.15, 0.2) is 0 Å². The van der Waals surface area contributed by atoms with Gasteiger partial charge < -0.3 is 24.4 Å². The Morgan fingerprint density at radius 1 is 1.00 bits per heavy atom. The topological polar surface area (TPSA) is 146 Å². The normalized spacial score (nSPS) is 7.45. The molecule has 0 saturated carbocycles. The second kappa shape index (κ2) is 10.1. The SMILES string of the molecule is O=S(=O)([O-])[O-].O=[N+]([O-])[O-].[Mn+2].[Mn+2]. The van der Waals surface area contributed by atoms with Crippen LogP contribution in [-0.2, 0) is 44.5 Å². The predicted octanol–water partition coefficient (Wildman–Crippen LogP) is -1.58. The third-order valence-electron chi connectivity index (χ3n) is 0. The minimum Gasteiger partial charge on any atom is -0.759 e. The number of hydrogen-bond acceptors (Lipinski definition) is 7. The summed E-state index contributed by atoms with van der Waals surface area (Å²) in [6.07, 6.45) is 0. The van der Waals surface area contributed by atoms with Crippen LogP contribution >= 0.6 is 0 Å². The summed E-state index contributed by atoms with van der Waals surface area (Å²) >= 11 is 0. The molecule has 8 nitrogen and oxygen atoms in total. The molecule has 0 aromatic rings. The second-order valence-corrected chi connectivity index (χ2v) is 1.45. The van der Waals surface area contributed by atoms with Gasteiger partial charge in [-0.1, -0.05) is 0 Å². The summed E-state index contributed by atoms with van der Waals surface area (Å²) in [6.45, 7) is 0. The van der Waals surface area contributed by atoms with Crippen molar-refractivity contribution in [3.63, 3.8) is 0 Å². The molecule has 2 radical (unpaired) electrons. The summed E-state index contributed by atoms with van der Waals surface area (Å²) in [5.41, 5.74) is 0. The summed E-state index contributed by atoms with van der Waals surface area (Å²) in [4.78, 5) is 8.25. The first-order valence-corrected chi connectivity index (χ1v) is 2.55. The van der Waals surface area contributed by atoms with Crippen molar-refractivity contribution in [2.75, 3.05) is 0 Å². The summed E-state index contributed by atoms with van der Waals surface area (Å²) in [5, 5.41) is 14.8. The van der Waals surface area contributed by atoms with Crippen LogP contribution in [-0.4, -0.2) is 22.6 Å². The van der Waals surface area contributed by atoms with Crippen molar-refractivity contribution < 1.29 is 56.7 Å². The molecule has 0 saturated heterocycles. The van der Waals surface area contributed by atoms with E-state index in [0.717, 1.165) is 0 Å². The van der Waals surface area contributed by atoms with Crippen LogP contribution in [0.3, 0.4) is 0 Å². The van der Waals surface area contributed by atoms with Gasteiger partial charge in [0.15, 0.2) is 0 Å². The molecule has 0 aliphatic heterocycles. The standard InChI is InChI=1S/2Mn.NO3.H2O4S/c;;2-1(3)4;1-5(2,3)4/h;;;(H2,1,2,3,4)/q2*+2;-1;/p-2. The van der Waals surface area contributed by atoms with Crippen LogP contribution in [0.1, 0.15) is 0 Å². The van der Waals surface area contributed by atoms with E-state index in [-0.39, 0.29) is 34.1 Å². The molecule has 0 aromatic heterocycles. The van der Waals surface area contributed by atoms with E-state index in [1.54, 1.807) is 0 Å². The van der Waals surface area contributed by atoms with Crippen LogP contribution in [0.2, 0.25) is 0 Å². The largest absolute Gasteiger partial charge is 2.00 e. The van der Waals surface area contributed by atoms with Crippen LogP contribution in [0.4, 0.5) is 0 Å². The fraction of sp³-hybridized carbons (Fsp3) is 0. The summed E-state index contributed by atoms with van der Waals surface area (Å²) in [7, 11) is -5.17. The van der Waals surface area contributed by atoms with Gasteiger partial charge in [0.1, 0.15) is 0 Å².